The van der Waals surface area contributed by atoms with Crippen LogP contribution in [0, 0.1) is 0 Å². The Morgan fingerprint density at radius 3 is 3.17 bits per heavy atom. The summed E-state index contributed by atoms with van der Waals surface area (Å²) in [7, 11) is 0. The molecule has 4 nitrogen and oxygen atoms in total. The first-order valence-electron chi connectivity index (χ1n) is 7.16. The first-order valence-corrected chi connectivity index (χ1v) is 7.16. The molecule has 0 bridgehead atoms. The van der Waals surface area contributed by atoms with Gasteiger partial charge in [-0.2, -0.15) is 5.10 Å². The van der Waals surface area contributed by atoms with Crippen LogP contribution in [0.3, 0.4) is 0 Å². The molecule has 0 amide bonds. The first-order chi connectivity index (χ1) is 8.68. The summed E-state index contributed by atoms with van der Waals surface area (Å²) in [6.45, 7) is 5.27. The van der Waals surface area contributed by atoms with E-state index in [2.05, 4.69) is 23.1 Å². The molecule has 2 aliphatic heterocycles. The van der Waals surface area contributed by atoms with Gasteiger partial charge in [-0.15, -0.1) is 0 Å². The smallest absolute Gasteiger partial charge is 0.0716 e. The topological polar surface area (TPSA) is 41.3 Å². The monoisotopic (exact) mass is 249 g/mol. The third kappa shape index (κ3) is 2.31. The molecule has 2 aliphatic rings. The van der Waals surface area contributed by atoms with Crippen molar-refractivity contribution in [2.24, 2.45) is 0 Å². The van der Waals surface area contributed by atoms with E-state index in [0.717, 1.165) is 32.4 Å². The number of hydrogen-bond donors (Lipinski definition) is 1. The summed E-state index contributed by atoms with van der Waals surface area (Å²) in [5.74, 6) is 0. The lowest BCUT2D eigenvalue weighted by molar-refractivity contribution is -0.0354. The SMILES string of the molecule is CCn1cc(CC2(O)CCN3CCCC3C2)cn1. The molecule has 3 heterocycles. The number of hydrogen-bond acceptors (Lipinski definition) is 3. The van der Waals surface area contributed by atoms with E-state index < -0.39 is 5.60 Å². The normalized spacial score (nSPS) is 32.7. The lowest BCUT2D eigenvalue weighted by atomic mass is 9.82. The molecule has 1 N–H and O–H groups in total. The van der Waals surface area contributed by atoms with E-state index in [9.17, 15) is 5.11 Å². The summed E-state index contributed by atoms with van der Waals surface area (Å²) in [5, 5.41) is 15.1. The highest BCUT2D eigenvalue weighted by Gasteiger charge is 2.40. The fourth-order valence-corrected chi connectivity index (χ4v) is 3.52. The Labute approximate surface area is 109 Å². The van der Waals surface area contributed by atoms with E-state index >= 15 is 0 Å². The van der Waals surface area contributed by atoms with Crippen molar-refractivity contribution >= 4 is 0 Å². The molecule has 0 saturated carbocycles. The van der Waals surface area contributed by atoms with Crippen molar-refractivity contribution in [3.8, 4) is 0 Å². The van der Waals surface area contributed by atoms with Crippen molar-refractivity contribution in [2.75, 3.05) is 13.1 Å². The summed E-state index contributed by atoms with van der Waals surface area (Å²) >= 11 is 0. The summed E-state index contributed by atoms with van der Waals surface area (Å²) < 4.78 is 1.93. The molecule has 18 heavy (non-hydrogen) atoms. The van der Waals surface area contributed by atoms with Crippen LogP contribution < -0.4 is 0 Å². The minimum absolute atomic E-state index is 0.507. The van der Waals surface area contributed by atoms with Gasteiger partial charge in [-0.3, -0.25) is 4.68 Å². The maximum atomic E-state index is 10.8. The van der Waals surface area contributed by atoms with Gasteiger partial charge in [0.15, 0.2) is 0 Å². The van der Waals surface area contributed by atoms with Crippen molar-refractivity contribution in [3.05, 3.63) is 18.0 Å². The minimum atomic E-state index is -0.507. The van der Waals surface area contributed by atoms with Gasteiger partial charge in [0, 0.05) is 31.7 Å². The molecule has 4 heteroatoms. The molecule has 0 aromatic carbocycles. The highest BCUT2D eigenvalue weighted by molar-refractivity contribution is 5.10. The van der Waals surface area contributed by atoms with Gasteiger partial charge >= 0.3 is 0 Å². The Hall–Kier alpha value is -0.870. The maximum absolute atomic E-state index is 10.8. The largest absolute Gasteiger partial charge is 0.389 e. The van der Waals surface area contributed by atoms with E-state index in [1.165, 1.54) is 24.9 Å². The zero-order valence-corrected chi connectivity index (χ0v) is 11.2. The van der Waals surface area contributed by atoms with Crippen LogP contribution in [0.15, 0.2) is 12.4 Å². The van der Waals surface area contributed by atoms with Crippen LogP contribution in [-0.4, -0.2) is 44.5 Å². The molecular formula is C14H23N3O. The van der Waals surface area contributed by atoms with Crippen LogP contribution in [0.5, 0.6) is 0 Å². The van der Waals surface area contributed by atoms with E-state index in [1.807, 2.05) is 10.9 Å². The Morgan fingerprint density at radius 2 is 2.39 bits per heavy atom. The van der Waals surface area contributed by atoms with E-state index in [0.29, 0.717) is 6.04 Å². The number of fused-ring (bicyclic) bond motifs is 1. The minimum Gasteiger partial charge on any atom is -0.389 e. The van der Waals surface area contributed by atoms with Gasteiger partial charge in [-0.25, -0.2) is 0 Å². The summed E-state index contributed by atoms with van der Waals surface area (Å²) in [6.07, 6.45) is 9.13. The third-order valence-corrected chi connectivity index (χ3v) is 4.52. The zero-order chi connectivity index (χ0) is 12.6. The molecule has 0 spiro atoms. The Kier molecular flexibility index (Phi) is 3.16. The van der Waals surface area contributed by atoms with Crippen LogP contribution in [0.2, 0.25) is 0 Å². The van der Waals surface area contributed by atoms with Gasteiger partial charge in [-0.05, 0) is 44.7 Å². The molecule has 0 radical (unpaired) electrons. The van der Waals surface area contributed by atoms with Crippen LogP contribution in [0.25, 0.3) is 0 Å². The Balaban J connectivity index is 1.67. The first kappa shape index (κ1) is 12.2. The van der Waals surface area contributed by atoms with Crippen molar-refractivity contribution in [1.29, 1.82) is 0 Å². The fraction of sp³-hybridized carbons (Fsp3) is 0.786. The van der Waals surface area contributed by atoms with Crippen LogP contribution in [-0.2, 0) is 13.0 Å². The highest BCUT2D eigenvalue weighted by atomic mass is 16.3. The lowest BCUT2D eigenvalue weighted by Gasteiger charge is -2.40. The average Bonchev–Trinajstić information content (AvgIpc) is 2.96. The van der Waals surface area contributed by atoms with Crippen molar-refractivity contribution < 1.29 is 5.11 Å². The van der Waals surface area contributed by atoms with Gasteiger partial charge in [-0.1, -0.05) is 0 Å². The van der Waals surface area contributed by atoms with Crippen molar-refractivity contribution in [1.82, 2.24) is 14.7 Å². The summed E-state index contributed by atoms with van der Waals surface area (Å²) in [6, 6.07) is 0.616. The van der Waals surface area contributed by atoms with Crippen molar-refractivity contribution in [2.45, 2.75) is 57.2 Å². The lowest BCUT2D eigenvalue weighted by Crippen LogP contribution is -2.48. The zero-order valence-electron chi connectivity index (χ0n) is 11.2. The molecule has 1 aromatic heterocycles. The number of aliphatic hydroxyl groups is 1. The number of rotatable bonds is 3. The maximum Gasteiger partial charge on any atom is 0.0716 e. The van der Waals surface area contributed by atoms with Crippen molar-refractivity contribution in [3.63, 3.8) is 0 Å². The molecule has 2 saturated heterocycles. The van der Waals surface area contributed by atoms with Gasteiger partial charge in [0.2, 0.25) is 0 Å². The molecule has 3 rings (SSSR count). The molecule has 2 fully saturated rings. The molecular weight excluding hydrogens is 226 g/mol. The fourth-order valence-electron chi connectivity index (χ4n) is 3.52. The Morgan fingerprint density at radius 1 is 1.50 bits per heavy atom. The molecule has 0 aliphatic carbocycles. The average molecular weight is 249 g/mol. The van der Waals surface area contributed by atoms with Crippen LogP contribution in [0.4, 0.5) is 0 Å². The second kappa shape index (κ2) is 4.67. The highest BCUT2D eigenvalue weighted by Crippen LogP contribution is 2.34. The second-order valence-electron chi connectivity index (χ2n) is 5.89. The summed E-state index contributed by atoms with van der Waals surface area (Å²) in [4.78, 5) is 2.55. The predicted molar refractivity (Wildman–Crippen MR) is 70.4 cm³/mol. The van der Waals surface area contributed by atoms with Gasteiger partial charge in [0.05, 0.1) is 11.8 Å². The third-order valence-electron chi connectivity index (χ3n) is 4.52. The van der Waals surface area contributed by atoms with Gasteiger partial charge < -0.3 is 10.0 Å². The van der Waals surface area contributed by atoms with Crippen LogP contribution >= 0.6 is 0 Å². The number of piperidine rings is 1. The van der Waals surface area contributed by atoms with Gasteiger partial charge in [0.1, 0.15) is 0 Å². The number of nitrogens with zero attached hydrogens (tertiary/aromatic N) is 3. The van der Waals surface area contributed by atoms with Crippen LogP contribution in [0.1, 0.15) is 38.2 Å². The summed E-state index contributed by atoms with van der Waals surface area (Å²) in [5.41, 5.74) is 0.665. The standard InChI is InChI=1S/C14H23N3O/c1-2-17-11-12(10-15-17)8-14(18)5-7-16-6-3-4-13(16)9-14/h10-11,13,18H,2-9H2,1H3. The second-order valence-corrected chi connectivity index (χ2v) is 5.89. The van der Waals surface area contributed by atoms with E-state index in [-0.39, 0.29) is 0 Å². The molecule has 2 atom stereocenters. The number of aromatic nitrogens is 2. The van der Waals surface area contributed by atoms with Gasteiger partial charge in [0.25, 0.3) is 0 Å². The Bertz CT molecular complexity index is 417. The molecule has 1 aromatic rings. The quantitative estimate of drug-likeness (QED) is 0.881. The number of aryl methyl sites for hydroxylation is 1. The molecule has 100 valence electrons. The molecule has 2 unspecified atom stereocenters. The van der Waals surface area contributed by atoms with E-state index in [1.54, 1.807) is 0 Å². The predicted octanol–water partition coefficient (Wildman–Crippen LogP) is 1.43. The van der Waals surface area contributed by atoms with E-state index in [4.69, 9.17) is 0 Å².